The topological polar surface area (TPSA) is 61.7 Å². The minimum atomic E-state index is 0.255. The number of hydrogen-bond donors (Lipinski definition) is 1. The quantitative estimate of drug-likeness (QED) is 0.813. The van der Waals surface area contributed by atoms with Gasteiger partial charge in [0.2, 0.25) is 0 Å². The van der Waals surface area contributed by atoms with E-state index in [-0.39, 0.29) is 6.04 Å². The predicted molar refractivity (Wildman–Crippen MR) is 70.1 cm³/mol. The van der Waals surface area contributed by atoms with Crippen LogP contribution >= 0.6 is 0 Å². The molecule has 1 atom stereocenters. The van der Waals surface area contributed by atoms with E-state index >= 15 is 0 Å². The third-order valence-electron chi connectivity index (χ3n) is 3.85. The molecule has 5 heteroatoms. The predicted octanol–water partition coefficient (Wildman–Crippen LogP) is 0.945. The number of aryl methyl sites for hydroxylation is 2. The SMILES string of the molecule is Cc1cc(-c2nc3c(n2C)CCC(N)C3)nn1C. The van der Waals surface area contributed by atoms with Gasteiger partial charge < -0.3 is 10.3 Å². The highest BCUT2D eigenvalue weighted by Crippen LogP contribution is 2.26. The summed E-state index contributed by atoms with van der Waals surface area (Å²) < 4.78 is 4.05. The van der Waals surface area contributed by atoms with E-state index in [9.17, 15) is 0 Å². The molecule has 2 aromatic heterocycles. The third kappa shape index (κ3) is 1.66. The molecule has 0 fully saturated rings. The number of hydrogen-bond acceptors (Lipinski definition) is 3. The first-order chi connectivity index (χ1) is 8.56. The molecular weight excluding hydrogens is 226 g/mol. The van der Waals surface area contributed by atoms with Crippen LogP contribution in [0.15, 0.2) is 6.07 Å². The smallest absolute Gasteiger partial charge is 0.160 e. The van der Waals surface area contributed by atoms with Gasteiger partial charge in [-0.3, -0.25) is 4.68 Å². The van der Waals surface area contributed by atoms with Crippen LogP contribution in [-0.4, -0.2) is 25.4 Å². The molecule has 96 valence electrons. The number of nitrogens with zero attached hydrogens (tertiary/aromatic N) is 4. The summed E-state index contributed by atoms with van der Waals surface area (Å²) in [4.78, 5) is 4.73. The summed E-state index contributed by atoms with van der Waals surface area (Å²) >= 11 is 0. The van der Waals surface area contributed by atoms with Gasteiger partial charge in [-0.05, 0) is 25.8 Å². The summed E-state index contributed by atoms with van der Waals surface area (Å²) in [6.45, 7) is 2.05. The molecule has 1 aliphatic rings. The van der Waals surface area contributed by atoms with Crippen LogP contribution in [0.4, 0.5) is 0 Å². The van der Waals surface area contributed by atoms with Gasteiger partial charge in [0.1, 0.15) is 5.69 Å². The minimum Gasteiger partial charge on any atom is -0.330 e. The second-order valence-corrected chi connectivity index (χ2v) is 5.19. The van der Waals surface area contributed by atoms with E-state index in [0.717, 1.165) is 42.2 Å². The molecule has 0 saturated carbocycles. The van der Waals surface area contributed by atoms with Crippen molar-refractivity contribution in [3.8, 4) is 11.5 Å². The monoisotopic (exact) mass is 245 g/mol. The Hall–Kier alpha value is -1.62. The first-order valence-electron chi connectivity index (χ1n) is 6.37. The molecule has 2 heterocycles. The number of nitrogens with two attached hydrogens (primary N) is 1. The van der Waals surface area contributed by atoms with Crippen molar-refractivity contribution in [2.75, 3.05) is 0 Å². The highest BCUT2D eigenvalue weighted by atomic mass is 15.3. The first kappa shape index (κ1) is 11.5. The number of fused-ring (bicyclic) bond motifs is 1. The average Bonchev–Trinajstić information content (AvgIpc) is 2.81. The Balaban J connectivity index is 2.08. The molecule has 5 nitrogen and oxygen atoms in total. The fourth-order valence-electron chi connectivity index (χ4n) is 2.64. The molecule has 0 aliphatic heterocycles. The van der Waals surface area contributed by atoms with Gasteiger partial charge in [-0.25, -0.2) is 4.98 Å². The molecule has 1 aliphatic carbocycles. The minimum absolute atomic E-state index is 0.255. The Morgan fingerprint density at radius 3 is 2.83 bits per heavy atom. The van der Waals surface area contributed by atoms with Gasteiger partial charge in [0.25, 0.3) is 0 Å². The van der Waals surface area contributed by atoms with Crippen molar-refractivity contribution in [3.63, 3.8) is 0 Å². The molecule has 3 rings (SSSR count). The van der Waals surface area contributed by atoms with E-state index in [0.29, 0.717) is 0 Å². The van der Waals surface area contributed by atoms with Gasteiger partial charge in [-0.1, -0.05) is 0 Å². The van der Waals surface area contributed by atoms with Crippen molar-refractivity contribution in [2.45, 2.75) is 32.2 Å². The van der Waals surface area contributed by atoms with E-state index in [4.69, 9.17) is 10.7 Å². The highest BCUT2D eigenvalue weighted by Gasteiger charge is 2.23. The summed E-state index contributed by atoms with van der Waals surface area (Å²) in [5.74, 6) is 0.956. The van der Waals surface area contributed by atoms with Gasteiger partial charge in [0.05, 0.1) is 5.69 Å². The van der Waals surface area contributed by atoms with Crippen LogP contribution < -0.4 is 5.73 Å². The zero-order valence-electron chi connectivity index (χ0n) is 11.1. The van der Waals surface area contributed by atoms with Gasteiger partial charge >= 0.3 is 0 Å². The van der Waals surface area contributed by atoms with Gasteiger partial charge in [0, 0.05) is 37.9 Å². The normalized spacial score (nSPS) is 19.0. The molecule has 0 bridgehead atoms. The zero-order chi connectivity index (χ0) is 12.9. The standard InChI is InChI=1S/C13H19N5/c1-8-6-11(16-18(8)3)13-15-10-7-9(14)4-5-12(10)17(13)2/h6,9H,4-5,7,14H2,1-3H3. The molecule has 0 saturated heterocycles. The van der Waals surface area contributed by atoms with E-state index in [1.807, 2.05) is 11.7 Å². The van der Waals surface area contributed by atoms with Crippen molar-refractivity contribution in [1.82, 2.24) is 19.3 Å². The van der Waals surface area contributed by atoms with E-state index < -0.39 is 0 Å². The maximum Gasteiger partial charge on any atom is 0.160 e. The average molecular weight is 245 g/mol. The second kappa shape index (κ2) is 3.95. The van der Waals surface area contributed by atoms with Crippen LogP contribution in [0.1, 0.15) is 23.5 Å². The number of aromatic nitrogens is 4. The second-order valence-electron chi connectivity index (χ2n) is 5.19. The molecular formula is C13H19N5. The number of rotatable bonds is 1. The molecule has 2 aromatic rings. The van der Waals surface area contributed by atoms with Gasteiger partial charge in [-0.15, -0.1) is 0 Å². The largest absolute Gasteiger partial charge is 0.330 e. The van der Waals surface area contributed by atoms with Crippen molar-refractivity contribution < 1.29 is 0 Å². The van der Waals surface area contributed by atoms with Crippen LogP contribution in [0, 0.1) is 6.92 Å². The first-order valence-corrected chi connectivity index (χ1v) is 6.37. The fraction of sp³-hybridized carbons (Fsp3) is 0.538. The van der Waals surface area contributed by atoms with Crippen LogP contribution in [0.2, 0.25) is 0 Å². The molecule has 0 radical (unpaired) electrons. The molecule has 0 spiro atoms. The Kier molecular flexibility index (Phi) is 2.52. The Labute approximate surface area is 107 Å². The van der Waals surface area contributed by atoms with Crippen molar-refractivity contribution in [3.05, 3.63) is 23.1 Å². The Morgan fingerprint density at radius 2 is 2.17 bits per heavy atom. The van der Waals surface area contributed by atoms with Crippen molar-refractivity contribution in [1.29, 1.82) is 0 Å². The number of imidazole rings is 1. The lowest BCUT2D eigenvalue weighted by molar-refractivity contribution is 0.554. The van der Waals surface area contributed by atoms with Crippen LogP contribution in [0.5, 0.6) is 0 Å². The molecule has 0 aromatic carbocycles. The summed E-state index contributed by atoms with van der Waals surface area (Å²) in [5, 5.41) is 4.51. The lowest BCUT2D eigenvalue weighted by atomic mass is 9.97. The van der Waals surface area contributed by atoms with E-state index in [2.05, 4.69) is 29.7 Å². The van der Waals surface area contributed by atoms with Crippen LogP contribution in [0.3, 0.4) is 0 Å². The van der Waals surface area contributed by atoms with E-state index in [1.54, 1.807) is 0 Å². The third-order valence-corrected chi connectivity index (χ3v) is 3.85. The molecule has 2 N–H and O–H groups in total. The zero-order valence-corrected chi connectivity index (χ0v) is 11.1. The Bertz CT molecular complexity index is 573. The lowest BCUT2D eigenvalue weighted by Gasteiger charge is -2.17. The molecule has 18 heavy (non-hydrogen) atoms. The maximum absolute atomic E-state index is 6.01. The summed E-state index contributed by atoms with van der Waals surface area (Å²) in [5.41, 5.74) is 10.6. The fourth-order valence-corrected chi connectivity index (χ4v) is 2.64. The van der Waals surface area contributed by atoms with Crippen molar-refractivity contribution >= 4 is 0 Å². The summed E-state index contributed by atoms with van der Waals surface area (Å²) in [7, 11) is 4.03. The lowest BCUT2D eigenvalue weighted by Crippen LogP contribution is -2.28. The molecule has 0 amide bonds. The maximum atomic E-state index is 6.01. The van der Waals surface area contributed by atoms with Crippen LogP contribution in [-0.2, 0) is 26.9 Å². The highest BCUT2D eigenvalue weighted by molar-refractivity contribution is 5.52. The van der Waals surface area contributed by atoms with Gasteiger partial charge in [0.15, 0.2) is 5.82 Å². The van der Waals surface area contributed by atoms with Crippen LogP contribution in [0.25, 0.3) is 11.5 Å². The molecule has 1 unspecified atom stereocenters. The Morgan fingerprint density at radius 1 is 1.39 bits per heavy atom. The summed E-state index contributed by atoms with van der Waals surface area (Å²) in [6, 6.07) is 2.33. The van der Waals surface area contributed by atoms with Crippen molar-refractivity contribution in [2.24, 2.45) is 19.8 Å². The van der Waals surface area contributed by atoms with E-state index in [1.165, 1.54) is 5.69 Å². The summed E-state index contributed by atoms with van der Waals surface area (Å²) in [6.07, 6.45) is 2.95. The van der Waals surface area contributed by atoms with Gasteiger partial charge in [-0.2, -0.15) is 5.10 Å².